The average molecular weight is 254 g/mol. The summed E-state index contributed by atoms with van der Waals surface area (Å²) in [5, 5.41) is 8.70. The highest BCUT2D eigenvalue weighted by Gasteiger charge is 2.43. The molecule has 0 aliphatic carbocycles. The molecule has 2 atom stereocenters. The summed E-state index contributed by atoms with van der Waals surface area (Å²) in [6.07, 6.45) is 0. The van der Waals surface area contributed by atoms with Crippen molar-refractivity contribution in [2.24, 2.45) is 0 Å². The van der Waals surface area contributed by atoms with Gasteiger partial charge in [-0.15, -0.1) is 11.6 Å². The number of hydrogen-bond donors (Lipinski definition) is 4. The second-order valence-corrected chi connectivity index (χ2v) is 6.35. The molecule has 0 bridgehead atoms. The maximum Gasteiger partial charge on any atom is 0.368 e. The summed E-state index contributed by atoms with van der Waals surface area (Å²) in [6.45, 7) is -0.383. The molecule has 0 aliphatic heterocycles. The first-order chi connectivity index (χ1) is 5.72. The van der Waals surface area contributed by atoms with E-state index in [1.165, 1.54) is 0 Å². The van der Waals surface area contributed by atoms with Gasteiger partial charge in [-0.05, 0) is 0 Å². The number of aliphatic hydroxyl groups excluding tert-OH is 1. The van der Waals surface area contributed by atoms with Crippen molar-refractivity contribution in [3.63, 3.8) is 0 Å². The van der Waals surface area contributed by atoms with Crippen LogP contribution >= 0.6 is 26.8 Å². The van der Waals surface area contributed by atoms with Gasteiger partial charge >= 0.3 is 15.2 Å². The zero-order chi connectivity index (χ0) is 10.7. The third-order valence-corrected chi connectivity index (χ3v) is 4.62. The van der Waals surface area contributed by atoms with Crippen LogP contribution in [0.2, 0.25) is 0 Å². The van der Waals surface area contributed by atoms with Gasteiger partial charge in [0, 0.05) is 5.88 Å². The van der Waals surface area contributed by atoms with E-state index in [0.29, 0.717) is 0 Å². The van der Waals surface area contributed by atoms with E-state index in [2.05, 4.69) is 4.52 Å². The van der Waals surface area contributed by atoms with Crippen LogP contribution < -0.4 is 0 Å². The van der Waals surface area contributed by atoms with Gasteiger partial charge in [-0.2, -0.15) is 0 Å². The molecule has 80 valence electrons. The van der Waals surface area contributed by atoms with Crippen LogP contribution in [0.1, 0.15) is 0 Å². The van der Waals surface area contributed by atoms with Crippen molar-refractivity contribution in [2.45, 2.75) is 5.59 Å². The van der Waals surface area contributed by atoms with Gasteiger partial charge in [-0.3, -0.25) is 9.13 Å². The Labute approximate surface area is 79.0 Å². The van der Waals surface area contributed by atoms with Crippen molar-refractivity contribution in [1.82, 2.24) is 0 Å². The van der Waals surface area contributed by atoms with E-state index in [-0.39, 0.29) is 12.5 Å². The van der Waals surface area contributed by atoms with Gasteiger partial charge in [-0.25, -0.2) is 0 Å². The monoisotopic (exact) mass is 254 g/mol. The predicted octanol–water partition coefficient (Wildman–Crippen LogP) is -0.119. The van der Waals surface area contributed by atoms with Gasteiger partial charge in [0.15, 0.2) is 0 Å². The van der Waals surface area contributed by atoms with Crippen LogP contribution in [0, 0.1) is 0 Å². The van der Waals surface area contributed by atoms with Gasteiger partial charge in [-0.1, -0.05) is 0 Å². The lowest BCUT2D eigenvalue weighted by Gasteiger charge is -2.17. The van der Waals surface area contributed by atoms with Crippen LogP contribution in [-0.4, -0.2) is 37.9 Å². The summed E-state index contributed by atoms with van der Waals surface area (Å²) < 4.78 is 25.3. The summed E-state index contributed by atoms with van der Waals surface area (Å²) in [5.41, 5.74) is -2.72. The summed E-state index contributed by atoms with van der Waals surface area (Å²) in [7, 11) is -9.76. The van der Waals surface area contributed by atoms with Crippen LogP contribution in [0.3, 0.4) is 0 Å². The van der Waals surface area contributed by atoms with Crippen molar-refractivity contribution < 1.29 is 33.4 Å². The first kappa shape index (κ1) is 13.5. The van der Waals surface area contributed by atoms with Crippen molar-refractivity contribution in [2.75, 3.05) is 12.5 Å². The molecular formula is C3H9ClO7P2. The van der Waals surface area contributed by atoms with E-state index in [1.807, 2.05) is 0 Å². The Balaban J connectivity index is 4.46. The number of hydrogen-bond acceptors (Lipinski definition) is 4. The molecule has 0 spiro atoms. The second kappa shape index (κ2) is 4.87. The van der Waals surface area contributed by atoms with Gasteiger partial charge < -0.3 is 24.3 Å². The van der Waals surface area contributed by atoms with E-state index < -0.39 is 20.8 Å². The minimum absolute atomic E-state index is 0.127. The molecule has 0 saturated heterocycles. The third kappa shape index (κ3) is 4.54. The molecule has 13 heavy (non-hydrogen) atoms. The van der Waals surface area contributed by atoms with Crippen molar-refractivity contribution >= 4 is 26.8 Å². The topological polar surface area (TPSA) is 124 Å². The zero-order valence-corrected chi connectivity index (χ0v) is 8.82. The number of aliphatic hydroxyl groups is 1. The van der Waals surface area contributed by atoms with E-state index in [1.54, 1.807) is 0 Å². The Morgan fingerprint density at radius 3 is 2.08 bits per heavy atom. The number of alkyl halides is 1. The fraction of sp³-hybridized carbons (Fsp3) is 1.00. The highest BCUT2D eigenvalue weighted by Crippen LogP contribution is 2.61. The largest absolute Gasteiger partial charge is 0.370 e. The number of rotatable bonds is 5. The second-order valence-electron chi connectivity index (χ2n) is 2.02. The fourth-order valence-electron chi connectivity index (χ4n) is 0.422. The SMILES string of the molecule is O=P(O)(O)C(O)P(=O)(O)OCCCl. The minimum Gasteiger partial charge on any atom is -0.370 e. The Morgan fingerprint density at radius 2 is 1.77 bits per heavy atom. The highest BCUT2D eigenvalue weighted by atomic mass is 35.5. The molecule has 0 saturated carbocycles. The molecule has 2 unspecified atom stereocenters. The number of halogens is 1. The lowest BCUT2D eigenvalue weighted by molar-refractivity contribution is 0.194. The van der Waals surface area contributed by atoms with Crippen LogP contribution in [0.25, 0.3) is 0 Å². The summed E-state index contributed by atoms with van der Waals surface area (Å²) in [4.78, 5) is 25.5. The third-order valence-electron chi connectivity index (χ3n) is 0.946. The van der Waals surface area contributed by atoms with Crippen molar-refractivity contribution in [3.8, 4) is 0 Å². The van der Waals surface area contributed by atoms with Gasteiger partial charge in [0.25, 0.3) is 5.59 Å². The molecule has 0 aromatic rings. The molecule has 7 nitrogen and oxygen atoms in total. The van der Waals surface area contributed by atoms with Gasteiger partial charge in [0.1, 0.15) is 0 Å². The fourth-order valence-corrected chi connectivity index (χ4v) is 2.81. The van der Waals surface area contributed by atoms with Crippen LogP contribution in [-0.2, 0) is 13.7 Å². The normalized spacial score (nSPS) is 19.5. The van der Waals surface area contributed by atoms with Gasteiger partial charge in [0.2, 0.25) is 0 Å². The molecule has 0 heterocycles. The summed E-state index contributed by atoms with van der Waals surface area (Å²) in [6, 6.07) is 0. The molecule has 0 aromatic carbocycles. The Bertz CT molecular complexity index is 248. The Hall–Kier alpha value is 0.550. The predicted molar refractivity (Wildman–Crippen MR) is 44.5 cm³/mol. The molecule has 4 N–H and O–H groups in total. The van der Waals surface area contributed by atoms with Crippen molar-refractivity contribution in [3.05, 3.63) is 0 Å². The smallest absolute Gasteiger partial charge is 0.368 e. The first-order valence-electron chi connectivity index (χ1n) is 2.98. The molecular weight excluding hydrogens is 245 g/mol. The van der Waals surface area contributed by atoms with E-state index in [0.717, 1.165) is 0 Å². The quantitative estimate of drug-likeness (QED) is 0.398. The van der Waals surface area contributed by atoms with Crippen molar-refractivity contribution in [1.29, 1.82) is 0 Å². The molecule has 0 aromatic heterocycles. The van der Waals surface area contributed by atoms with Crippen LogP contribution in [0.5, 0.6) is 0 Å². The molecule has 10 heteroatoms. The maximum absolute atomic E-state index is 10.9. The summed E-state index contributed by atoms with van der Waals surface area (Å²) in [5.74, 6) is -0.127. The molecule has 0 aliphatic rings. The standard InChI is InChI=1S/C3H9ClO7P2/c4-1-2-11-13(9,10)3(5)12(6,7)8/h3,5H,1-2H2,(H,9,10)(H2,6,7,8). The summed E-state index contributed by atoms with van der Waals surface area (Å²) >= 11 is 5.09. The van der Waals surface area contributed by atoms with Crippen LogP contribution in [0.4, 0.5) is 0 Å². The van der Waals surface area contributed by atoms with E-state index >= 15 is 0 Å². The van der Waals surface area contributed by atoms with E-state index in [9.17, 15) is 9.13 Å². The Kier molecular flexibility index (Phi) is 5.07. The molecule has 0 amide bonds. The maximum atomic E-state index is 10.9. The first-order valence-corrected chi connectivity index (χ1v) is 6.84. The average Bonchev–Trinajstić information content (AvgIpc) is 1.98. The molecule has 0 radical (unpaired) electrons. The van der Waals surface area contributed by atoms with E-state index in [4.69, 9.17) is 31.4 Å². The van der Waals surface area contributed by atoms with Gasteiger partial charge in [0.05, 0.1) is 6.61 Å². The lowest BCUT2D eigenvalue weighted by atomic mass is 10.9. The minimum atomic E-state index is -5.04. The zero-order valence-electron chi connectivity index (χ0n) is 6.28. The molecule has 0 fully saturated rings. The molecule has 0 rings (SSSR count). The van der Waals surface area contributed by atoms with Crippen LogP contribution in [0.15, 0.2) is 0 Å². The Morgan fingerprint density at radius 1 is 1.31 bits per heavy atom. The highest BCUT2D eigenvalue weighted by molar-refractivity contribution is 7.70. The lowest BCUT2D eigenvalue weighted by Crippen LogP contribution is -2.11.